The zero-order valence-corrected chi connectivity index (χ0v) is 18.7. The van der Waals surface area contributed by atoms with Crippen LogP contribution >= 0.6 is 11.8 Å². The first-order valence-electron chi connectivity index (χ1n) is 10.2. The van der Waals surface area contributed by atoms with Crippen molar-refractivity contribution in [3.05, 3.63) is 52.2 Å². The largest absolute Gasteiger partial charge is 0.372 e. The first-order chi connectivity index (χ1) is 13.9. The second-order valence-corrected chi connectivity index (χ2v) is 8.18. The Balaban J connectivity index is 1.92. The van der Waals surface area contributed by atoms with E-state index in [0.717, 1.165) is 53.9 Å². The minimum Gasteiger partial charge on any atom is -0.372 e. The Labute approximate surface area is 177 Å². The van der Waals surface area contributed by atoms with Crippen molar-refractivity contribution < 1.29 is 9.59 Å². The molecule has 0 radical (unpaired) electrons. The summed E-state index contributed by atoms with van der Waals surface area (Å²) in [6, 6.07) is 10.6. The Morgan fingerprint density at radius 1 is 1.03 bits per heavy atom. The molecule has 3 rings (SSSR count). The maximum absolute atomic E-state index is 12.5. The predicted octanol–water partition coefficient (Wildman–Crippen LogP) is 5.39. The summed E-state index contributed by atoms with van der Waals surface area (Å²) in [7, 11) is 0. The third-order valence-electron chi connectivity index (χ3n) is 5.31. The molecule has 1 fully saturated rings. The number of amides is 2. The van der Waals surface area contributed by atoms with Crippen LogP contribution in [0.3, 0.4) is 0 Å². The molecule has 1 aliphatic heterocycles. The van der Waals surface area contributed by atoms with Crippen molar-refractivity contribution in [2.24, 2.45) is 0 Å². The Kier molecular flexibility index (Phi) is 6.52. The number of benzene rings is 1. The molecular formula is C23H29N3O2S. The minimum atomic E-state index is -0.185. The zero-order chi connectivity index (χ0) is 21.1. The van der Waals surface area contributed by atoms with E-state index in [2.05, 4.69) is 60.6 Å². The number of aryl methyl sites for hydroxylation is 1. The van der Waals surface area contributed by atoms with Crippen molar-refractivity contribution in [1.29, 1.82) is 0 Å². The fraction of sp³-hybridized carbons (Fsp3) is 0.391. The average Bonchev–Trinajstić information content (AvgIpc) is 3.13. The number of imide groups is 1. The first-order valence-corrected chi connectivity index (χ1v) is 11.0. The van der Waals surface area contributed by atoms with E-state index >= 15 is 0 Å². The fourth-order valence-corrected chi connectivity index (χ4v) is 4.65. The number of rotatable bonds is 7. The Hall–Kier alpha value is -2.47. The van der Waals surface area contributed by atoms with Crippen LogP contribution in [0.5, 0.6) is 0 Å². The molecule has 154 valence electrons. The normalized spacial score (nSPS) is 15.6. The lowest BCUT2D eigenvalue weighted by molar-refractivity contribution is -0.122. The third kappa shape index (κ3) is 4.13. The third-order valence-corrected chi connectivity index (χ3v) is 6.22. The van der Waals surface area contributed by atoms with Gasteiger partial charge in [-0.3, -0.25) is 14.5 Å². The van der Waals surface area contributed by atoms with Gasteiger partial charge in [-0.1, -0.05) is 6.92 Å². The van der Waals surface area contributed by atoms with E-state index in [-0.39, 0.29) is 11.1 Å². The Bertz CT molecular complexity index is 940. The smallest absolute Gasteiger partial charge is 0.293 e. The highest BCUT2D eigenvalue weighted by atomic mass is 32.2. The van der Waals surface area contributed by atoms with Gasteiger partial charge in [0.1, 0.15) is 0 Å². The Morgan fingerprint density at radius 3 is 2.28 bits per heavy atom. The van der Waals surface area contributed by atoms with Crippen LogP contribution in [0.2, 0.25) is 0 Å². The number of aromatic nitrogens is 1. The van der Waals surface area contributed by atoms with E-state index < -0.39 is 0 Å². The number of nitrogens with zero attached hydrogens (tertiary/aromatic N) is 3. The van der Waals surface area contributed by atoms with Gasteiger partial charge in [-0.15, -0.1) is 0 Å². The van der Waals surface area contributed by atoms with Gasteiger partial charge in [-0.05, 0) is 87.8 Å². The SMILES string of the molecule is CCCN1C(=O)S/C(=C/c2cc(C)n(-c3ccc(N(CC)CC)cc3)c2C)C1=O. The standard InChI is InChI=1S/C23H29N3O2S/c1-6-13-25-22(27)21(29-23(25)28)15-18-14-16(4)26(17(18)5)20-11-9-19(10-12-20)24(7-2)8-3/h9-12,14-15H,6-8,13H2,1-5H3/b21-15+. The van der Waals surface area contributed by atoms with Crippen molar-refractivity contribution in [3.63, 3.8) is 0 Å². The highest BCUT2D eigenvalue weighted by Crippen LogP contribution is 2.34. The summed E-state index contributed by atoms with van der Waals surface area (Å²) in [6.07, 6.45) is 2.62. The lowest BCUT2D eigenvalue weighted by Gasteiger charge is -2.21. The lowest BCUT2D eigenvalue weighted by atomic mass is 10.2. The van der Waals surface area contributed by atoms with Crippen molar-refractivity contribution in [2.75, 3.05) is 24.5 Å². The summed E-state index contributed by atoms with van der Waals surface area (Å²) in [5, 5.41) is -0.177. The van der Waals surface area contributed by atoms with Crippen LogP contribution in [0.25, 0.3) is 11.8 Å². The lowest BCUT2D eigenvalue weighted by Crippen LogP contribution is -2.28. The fourth-order valence-electron chi connectivity index (χ4n) is 3.79. The van der Waals surface area contributed by atoms with Crippen molar-refractivity contribution in [3.8, 4) is 5.69 Å². The van der Waals surface area contributed by atoms with Crippen LogP contribution in [0, 0.1) is 13.8 Å². The van der Waals surface area contributed by atoms with E-state index in [9.17, 15) is 9.59 Å². The number of anilines is 1. The number of carbonyl (C=O) groups excluding carboxylic acids is 2. The van der Waals surface area contributed by atoms with Gasteiger partial charge in [-0.25, -0.2) is 0 Å². The van der Waals surface area contributed by atoms with Crippen molar-refractivity contribution in [1.82, 2.24) is 9.47 Å². The van der Waals surface area contributed by atoms with E-state index in [4.69, 9.17) is 0 Å². The topological polar surface area (TPSA) is 45.6 Å². The molecule has 0 unspecified atom stereocenters. The second kappa shape index (κ2) is 8.91. The molecule has 0 spiro atoms. The average molecular weight is 412 g/mol. The van der Waals surface area contributed by atoms with E-state index in [1.807, 2.05) is 19.9 Å². The van der Waals surface area contributed by atoms with E-state index in [1.165, 1.54) is 10.6 Å². The number of hydrogen-bond donors (Lipinski definition) is 0. The van der Waals surface area contributed by atoms with Gasteiger partial charge in [-0.2, -0.15) is 0 Å². The quantitative estimate of drug-likeness (QED) is 0.573. The molecule has 1 aromatic carbocycles. The molecule has 2 aromatic rings. The molecule has 0 saturated carbocycles. The van der Waals surface area contributed by atoms with Crippen molar-refractivity contribution in [2.45, 2.75) is 41.0 Å². The van der Waals surface area contributed by atoms with Crippen LogP contribution in [0.4, 0.5) is 10.5 Å². The molecule has 5 nitrogen and oxygen atoms in total. The summed E-state index contributed by atoms with van der Waals surface area (Å²) in [5.74, 6) is -0.185. The zero-order valence-electron chi connectivity index (χ0n) is 17.9. The monoisotopic (exact) mass is 411 g/mol. The molecule has 29 heavy (non-hydrogen) atoms. The molecule has 0 N–H and O–H groups in total. The summed E-state index contributed by atoms with van der Waals surface area (Å²) in [4.78, 5) is 28.8. The van der Waals surface area contributed by atoms with Gasteiger partial charge in [0.15, 0.2) is 0 Å². The summed E-state index contributed by atoms with van der Waals surface area (Å²) in [5.41, 5.74) is 5.43. The Morgan fingerprint density at radius 2 is 1.69 bits per heavy atom. The molecular weight excluding hydrogens is 382 g/mol. The van der Waals surface area contributed by atoms with Crippen LogP contribution in [-0.4, -0.2) is 40.2 Å². The van der Waals surface area contributed by atoms with Gasteiger partial charge >= 0.3 is 0 Å². The predicted molar refractivity (Wildman–Crippen MR) is 122 cm³/mol. The minimum absolute atomic E-state index is 0.177. The summed E-state index contributed by atoms with van der Waals surface area (Å²) >= 11 is 1.03. The van der Waals surface area contributed by atoms with Gasteiger partial charge < -0.3 is 9.47 Å². The van der Waals surface area contributed by atoms with Gasteiger partial charge in [0, 0.05) is 42.4 Å². The van der Waals surface area contributed by atoms with E-state index in [1.54, 1.807) is 0 Å². The molecule has 0 atom stereocenters. The first kappa shape index (κ1) is 21.2. The molecule has 2 amide bonds. The van der Waals surface area contributed by atoms with Crippen molar-refractivity contribution >= 4 is 34.7 Å². The molecule has 0 bridgehead atoms. The van der Waals surface area contributed by atoms with Gasteiger partial charge in [0.2, 0.25) is 0 Å². The molecule has 1 saturated heterocycles. The number of carbonyl (C=O) groups is 2. The maximum atomic E-state index is 12.5. The number of hydrogen-bond acceptors (Lipinski definition) is 4. The second-order valence-electron chi connectivity index (χ2n) is 7.18. The molecule has 1 aliphatic rings. The highest BCUT2D eigenvalue weighted by Gasteiger charge is 2.34. The van der Waals surface area contributed by atoms with Gasteiger partial charge in [0.25, 0.3) is 11.1 Å². The van der Waals surface area contributed by atoms with Crippen LogP contribution in [-0.2, 0) is 4.79 Å². The number of thioether (sulfide) groups is 1. The molecule has 6 heteroatoms. The highest BCUT2D eigenvalue weighted by molar-refractivity contribution is 8.18. The molecule has 1 aromatic heterocycles. The summed E-state index contributed by atoms with van der Waals surface area (Å²) in [6.45, 7) is 12.8. The molecule has 0 aliphatic carbocycles. The summed E-state index contributed by atoms with van der Waals surface area (Å²) < 4.78 is 2.19. The van der Waals surface area contributed by atoms with Crippen LogP contribution in [0.15, 0.2) is 35.2 Å². The van der Waals surface area contributed by atoms with Crippen LogP contribution in [0.1, 0.15) is 44.1 Å². The van der Waals surface area contributed by atoms with Gasteiger partial charge in [0.05, 0.1) is 4.91 Å². The van der Waals surface area contributed by atoms with Crippen LogP contribution < -0.4 is 4.90 Å². The molecule has 2 heterocycles. The maximum Gasteiger partial charge on any atom is 0.293 e. The van der Waals surface area contributed by atoms with E-state index in [0.29, 0.717) is 11.4 Å².